The van der Waals surface area contributed by atoms with Crippen molar-refractivity contribution in [1.82, 2.24) is 15.2 Å². The molecule has 1 aliphatic heterocycles. The monoisotopic (exact) mass is 264 g/mol. The molecule has 0 aromatic carbocycles. The van der Waals surface area contributed by atoms with Crippen LogP contribution in [0.2, 0.25) is 0 Å². The second kappa shape index (κ2) is 5.95. The minimum Gasteiger partial charge on any atom is -0.481 e. The van der Waals surface area contributed by atoms with Crippen molar-refractivity contribution in [3.63, 3.8) is 0 Å². The lowest BCUT2D eigenvalue weighted by Crippen LogP contribution is -2.41. The van der Waals surface area contributed by atoms with E-state index in [4.69, 9.17) is 5.11 Å². The van der Waals surface area contributed by atoms with Gasteiger partial charge in [0, 0.05) is 19.0 Å². The molecule has 1 N–H and O–H groups in total. The molecule has 1 saturated heterocycles. The lowest BCUT2D eigenvalue weighted by Gasteiger charge is -2.35. The van der Waals surface area contributed by atoms with Gasteiger partial charge < -0.3 is 10.0 Å². The van der Waals surface area contributed by atoms with Crippen LogP contribution in [0.1, 0.15) is 43.5 Å². The van der Waals surface area contributed by atoms with E-state index in [-0.39, 0.29) is 12.5 Å². The lowest BCUT2D eigenvalue weighted by atomic mass is 9.98. The molecule has 0 saturated carbocycles. The zero-order chi connectivity index (χ0) is 13.8. The van der Waals surface area contributed by atoms with Crippen LogP contribution < -0.4 is 4.90 Å². The molecule has 1 aromatic heterocycles. The normalized spacial score (nSPS) is 19.5. The van der Waals surface area contributed by atoms with E-state index in [0.717, 1.165) is 37.2 Å². The molecule has 0 amide bonds. The van der Waals surface area contributed by atoms with Gasteiger partial charge in [-0.2, -0.15) is 5.10 Å². The summed E-state index contributed by atoms with van der Waals surface area (Å²) in [6.45, 7) is 4.69. The highest BCUT2D eigenvalue weighted by molar-refractivity contribution is 5.66. The van der Waals surface area contributed by atoms with Crippen molar-refractivity contribution in [1.29, 1.82) is 0 Å². The van der Waals surface area contributed by atoms with Gasteiger partial charge in [0.2, 0.25) is 5.95 Å². The fourth-order valence-electron chi connectivity index (χ4n) is 2.42. The van der Waals surface area contributed by atoms with Crippen molar-refractivity contribution < 1.29 is 9.90 Å². The molecule has 1 unspecified atom stereocenters. The number of anilines is 1. The summed E-state index contributed by atoms with van der Waals surface area (Å²) in [4.78, 5) is 17.3. The zero-order valence-corrected chi connectivity index (χ0v) is 11.5. The second-order valence-corrected chi connectivity index (χ2v) is 5.06. The first kappa shape index (κ1) is 13.7. The number of carboxylic acid groups (broad SMARTS) is 1. The van der Waals surface area contributed by atoms with Crippen LogP contribution in [0.5, 0.6) is 0 Å². The van der Waals surface area contributed by atoms with Gasteiger partial charge in [0.1, 0.15) is 0 Å². The van der Waals surface area contributed by atoms with E-state index >= 15 is 0 Å². The second-order valence-electron chi connectivity index (χ2n) is 5.06. The third kappa shape index (κ3) is 3.39. The van der Waals surface area contributed by atoms with Crippen LogP contribution in [0.3, 0.4) is 0 Å². The number of carbonyl (C=O) groups is 1. The maximum absolute atomic E-state index is 10.7. The van der Waals surface area contributed by atoms with Crippen LogP contribution >= 0.6 is 0 Å². The first-order valence-corrected chi connectivity index (χ1v) is 6.74. The van der Waals surface area contributed by atoms with E-state index in [2.05, 4.69) is 20.1 Å². The van der Waals surface area contributed by atoms with Crippen molar-refractivity contribution in [2.24, 2.45) is 0 Å². The Balaban J connectivity index is 2.13. The van der Waals surface area contributed by atoms with E-state index in [9.17, 15) is 4.79 Å². The fraction of sp³-hybridized carbons (Fsp3) is 0.692. The van der Waals surface area contributed by atoms with Crippen molar-refractivity contribution in [3.8, 4) is 0 Å². The Morgan fingerprint density at radius 3 is 2.79 bits per heavy atom. The molecule has 0 spiro atoms. The molecule has 1 aromatic rings. The maximum Gasteiger partial charge on any atom is 0.303 e. The van der Waals surface area contributed by atoms with Crippen LogP contribution in [0.4, 0.5) is 5.95 Å². The molecule has 2 rings (SSSR count). The van der Waals surface area contributed by atoms with Crippen LogP contribution in [-0.2, 0) is 4.79 Å². The molecule has 6 nitrogen and oxygen atoms in total. The van der Waals surface area contributed by atoms with Gasteiger partial charge in [0.25, 0.3) is 0 Å². The molecule has 0 aliphatic carbocycles. The van der Waals surface area contributed by atoms with E-state index in [0.29, 0.717) is 12.4 Å². The van der Waals surface area contributed by atoms with Crippen molar-refractivity contribution in [2.75, 3.05) is 11.4 Å². The molecule has 2 heterocycles. The van der Waals surface area contributed by atoms with Crippen LogP contribution in [0.15, 0.2) is 0 Å². The molecule has 1 aliphatic rings. The molecule has 1 atom stereocenters. The van der Waals surface area contributed by atoms with E-state index in [1.807, 2.05) is 13.8 Å². The number of nitrogens with zero attached hydrogens (tertiary/aromatic N) is 4. The summed E-state index contributed by atoms with van der Waals surface area (Å²) in [6, 6.07) is 0.216. The number of carboxylic acids is 1. The minimum atomic E-state index is -0.746. The van der Waals surface area contributed by atoms with E-state index in [1.165, 1.54) is 0 Å². The molecule has 6 heteroatoms. The predicted octanol–water partition coefficient (Wildman–Crippen LogP) is 1.71. The number of aliphatic carboxylic acids is 1. The molecule has 0 radical (unpaired) electrons. The number of piperidine rings is 1. The zero-order valence-electron chi connectivity index (χ0n) is 11.5. The molecule has 1 fully saturated rings. The standard InChI is InChI=1S/C13H20N4O2/c1-9-10(2)15-16-13(14-9)17-8-4-3-5-11(17)6-7-12(18)19/h11H,3-8H2,1-2H3,(H,18,19). The topological polar surface area (TPSA) is 79.2 Å². The number of hydrogen-bond acceptors (Lipinski definition) is 5. The van der Waals surface area contributed by atoms with E-state index in [1.54, 1.807) is 0 Å². The quantitative estimate of drug-likeness (QED) is 0.891. The van der Waals surface area contributed by atoms with Gasteiger partial charge in [-0.05, 0) is 39.5 Å². The number of aryl methyl sites for hydroxylation is 2. The highest BCUT2D eigenvalue weighted by atomic mass is 16.4. The Hall–Kier alpha value is -1.72. The van der Waals surface area contributed by atoms with Gasteiger partial charge in [-0.25, -0.2) is 4.98 Å². The van der Waals surface area contributed by atoms with Crippen molar-refractivity contribution in [3.05, 3.63) is 11.4 Å². The third-order valence-electron chi connectivity index (χ3n) is 3.66. The van der Waals surface area contributed by atoms with Gasteiger partial charge in [0.05, 0.1) is 11.4 Å². The molecule has 19 heavy (non-hydrogen) atoms. The van der Waals surface area contributed by atoms with Gasteiger partial charge in [-0.15, -0.1) is 5.10 Å². The summed E-state index contributed by atoms with van der Waals surface area (Å²) in [5.41, 5.74) is 1.72. The highest BCUT2D eigenvalue weighted by Crippen LogP contribution is 2.24. The number of hydrogen-bond donors (Lipinski definition) is 1. The van der Waals surface area contributed by atoms with Gasteiger partial charge in [0.15, 0.2) is 0 Å². The summed E-state index contributed by atoms with van der Waals surface area (Å²) in [5, 5.41) is 17.1. The van der Waals surface area contributed by atoms with Crippen LogP contribution in [0.25, 0.3) is 0 Å². The molecular formula is C13H20N4O2. The van der Waals surface area contributed by atoms with Crippen LogP contribution in [-0.4, -0.2) is 38.8 Å². The lowest BCUT2D eigenvalue weighted by molar-refractivity contribution is -0.137. The average molecular weight is 264 g/mol. The summed E-state index contributed by atoms with van der Waals surface area (Å²) >= 11 is 0. The summed E-state index contributed by atoms with van der Waals surface area (Å²) < 4.78 is 0. The van der Waals surface area contributed by atoms with Gasteiger partial charge >= 0.3 is 5.97 Å². The predicted molar refractivity (Wildman–Crippen MR) is 71.2 cm³/mol. The minimum absolute atomic E-state index is 0.194. The molecule has 104 valence electrons. The number of rotatable bonds is 4. The highest BCUT2D eigenvalue weighted by Gasteiger charge is 2.25. The summed E-state index contributed by atoms with van der Waals surface area (Å²) in [5.74, 6) is -0.108. The van der Waals surface area contributed by atoms with Gasteiger partial charge in [-0.1, -0.05) is 0 Å². The Morgan fingerprint density at radius 1 is 1.32 bits per heavy atom. The smallest absolute Gasteiger partial charge is 0.303 e. The molecular weight excluding hydrogens is 244 g/mol. The molecule has 0 bridgehead atoms. The van der Waals surface area contributed by atoms with Crippen molar-refractivity contribution in [2.45, 2.75) is 52.0 Å². The Labute approximate surface area is 112 Å². The third-order valence-corrected chi connectivity index (χ3v) is 3.66. The first-order valence-electron chi connectivity index (χ1n) is 6.74. The first-order chi connectivity index (χ1) is 9.08. The average Bonchev–Trinajstić information content (AvgIpc) is 2.40. The van der Waals surface area contributed by atoms with E-state index < -0.39 is 5.97 Å². The number of aromatic nitrogens is 3. The SMILES string of the molecule is Cc1nnc(N2CCCCC2CCC(=O)O)nc1C. The Bertz CT molecular complexity index is 464. The summed E-state index contributed by atoms with van der Waals surface area (Å²) in [7, 11) is 0. The largest absolute Gasteiger partial charge is 0.481 e. The van der Waals surface area contributed by atoms with Crippen molar-refractivity contribution >= 4 is 11.9 Å². The Kier molecular flexibility index (Phi) is 4.29. The van der Waals surface area contributed by atoms with Crippen LogP contribution in [0, 0.1) is 13.8 Å². The Morgan fingerprint density at radius 2 is 2.11 bits per heavy atom. The van der Waals surface area contributed by atoms with Gasteiger partial charge in [-0.3, -0.25) is 4.79 Å². The fourth-order valence-corrected chi connectivity index (χ4v) is 2.42. The summed E-state index contributed by atoms with van der Waals surface area (Å²) in [6.07, 6.45) is 4.08. The maximum atomic E-state index is 10.7.